The van der Waals surface area contributed by atoms with Crippen LogP contribution < -0.4 is 10.6 Å². The van der Waals surface area contributed by atoms with E-state index < -0.39 is 0 Å². The molecular formula is C17H25ClN6O. The van der Waals surface area contributed by atoms with Gasteiger partial charge < -0.3 is 15.2 Å². The molecule has 25 heavy (non-hydrogen) atoms. The highest BCUT2D eigenvalue weighted by atomic mass is 35.5. The molecule has 2 N–H and O–H groups in total. The van der Waals surface area contributed by atoms with E-state index in [1.165, 1.54) is 0 Å². The molecule has 2 fully saturated rings. The summed E-state index contributed by atoms with van der Waals surface area (Å²) in [5.41, 5.74) is 5.90. The lowest BCUT2D eigenvalue weighted by Gasteiger charge is -2.35. The summed E-state index contributed by atoms with van der Waals surface area (Å²) in [7, 11) is 0. The number of nitrogens with two attached hydrogens (primary N) is 1. The Morgan fingerprint density at radius 1 is 1.16 bits per heavy atom. The van der Waals surface area contributed by atoms with Gasteiger partial charge in [-0.3, -0.25) is 4.90 Å². The molecule has 2 aromatic heterocycles. The van der Waals surface area contributed by atoms with Gasteiger partial charge in [-0.25, -0.2) is 4.98 Å². The van der Waals surface area contributed by atoms with Crippen LogP contribution >= 0.6 is 12.4 Å². The summed E-state index contributed by atoms with van der Waals surface area (Å²) < 4.78 is 5.38. The Kier molecular flexibility index (Phi) is 5.56. The van der Waals surface area contributed by atoms with Crippen LogP contribution in [0.3, 0.4) is 0 Å². The molecule has 1 aliphatic carbocycles. The molecule has 0 unspecified atom stereocenters. The monoisotopic (exact) mass is 364 g/mol. The average molecular weight is 365 g/mol. The maximum atomic E-state index is 6.24. The summed E-state index contributed by atoms with van der Waals surface area (Å²) in [5.74, 6) is 2.45. The number of rotatable bonds is 5. The zero-order valence-electron chi connectivity index (χ0n) is 14.3. The molecule has 0 atom stereocenters. The fraction of sp³-hybridized carbons (Fsp3) is 0.588. The van der Waals surface area contributed by atoms with Crippen molar-refractivity contribution in [2.24, 2.45) is 5.73 Å². The smallest absolute Gasteiger partial charge is 0.228 e. The van der Waals surface area contributed by atoms with E-state index in [1.54, 1.807) is 0 Å². The van der Waals surface area contributed by atoms with Crippen molar-refractivity contribution in [1.29, 1.82) is 0 Å². The van der Waals surface area contributed by atoms with Gasteiger partial charge in [-0.05, 0) is 31.4 Å². The molecule has 0 spiro atoms. The third-order valence-corrected chi connectivity index (χ3v) is 5.15. The number of nitrogens with zero attached hydrogens (tertiary/aromatic N) is 5. The van der Waals surface area contributed by atoms with Crippen LogP contribution in [0.4, 0.5) is 5.82 Å². The maximum absolute atomic E-state index is 6.24. The molecule has 0 bridgehead atoms. The molecule has 0 aromatic carbocycles. The van der Waals surface area contributed by atoms with Crippen LogP contribution in [0.5, 0.6) is 0 Å². The van der Waals surface area contributed by atoms with Gasteiger partial charge in [-0.2, -0.15) is 4.98 Å². The molecule has 2 aromatic rings. The van der Waals surface area contributed by atoms with Gasteiger partial charge in [0.1, 0.15) is 5.82 Å². The SMILES string of the molecule is Cl.NC1(c2noc(CCN3CCN(c4ccccn4)CC3)n2)CCC1. The second-order valence-corrected chi connectivity index (χ2v) is 6.79. The number of halogens is 1. The van der Waals surface area contributed by atoms with E-state index in [-0.39, 0.29) is 17.9 Å². The lowest BCUT2D eigenvalue weighted by atomic mass is 9.77. The number of pyridine rings is 1. The first-order valence-corrected chi connectivity index (χ1v) is 8.73. The molecule has 1 aliphatic heterocycles. The van der Waals surface area contributed by atoms with Gasteiger partial charge in [0.15, 0.2) is 5.82 Å². The lowest BCUT2D eigenvalue weighted by Crippen LogP contribution is -2.47. The molecule has 2 aliphatic rings. The zero-order valence-corrected chi connectivity index (χ0v) is 15.1. The largest absolute Gasteiger partial charge is 0.354 e. The second kappa shape index (κ2) is 7.68. The van der Waals surface area contributed by atoms with E-state index in [0.29, 0.717) is 11.7 Å². The summed E-state index contributed by atoms with van der Waals surface area (Å²) >= 11 is 0. The van der Waals surface area contributed by atoms with Gasteiger partial charge in [-0.1, -0.05) is 11.2 Å². The summed E-state index contributed by atoms with van der Waals surface area (Å²) in [6.45, 7) is 4.99. The minimum absolute atomic E-state index is 0. The molecule has 0 radical (unpaired) electrons. The third-order valence-electron chi connectivity index (χ3n) is 5.15. The average Bonchev–Trinajstić information content (AvgIpc) is 3.08. The molecule has 7 nitrogen and oxygen atoms in total. The highest BCUT2D eigenvalue weighted by molar-refractivity contribution is 5.85. The van der Waals surface area contributed by atoms with E-state index in [1.807, 2.05) is 18.3 Å². The first kappa shape index (κ1) is 18.1. The maximum Gasteiger partial charge on any atom is 0.228 e. The quantitative estimate of drug-likeness (QED) is 0.862. The second-order valence-electron chi connectivity index (χ2n) is 6.79. The number of aromatic nitrogens is 3. The predicted molar refractivity (Wildman–Crippen MR) is 97.9 cm³/mol. The number of hydrogen-bond acceptors (Lipinski definition) is 7. The minimum atomic E-state index is -0.337. The molecule has 136 valence electrons. The number of piperazine rings is 1. The van der Waals surface area contributed by atoms with Crippen molar-refractivity contribution in [2.45, 2.75) is 31.2 Å². The van der Waals surface area contributed by atoms with Crippen LogP contribution in [-0.2, 0) is 12.0 Å². The Morgan fingerprint density at radius 2 is 1.96 bits per heavy atom. The first-order chi connectivity index (χ1) is 11.7. The Labute approximate surface area is 154 Å². The molecule has 8 heteroatoms. The van der Waals surface area contributed by atoms with Crippen molar-refractivity contribution in [1.82, 2.24) is 20.0 Å². The first-order valence-electron chi connectivity index (χ1n) is 8.73. The summed E-state index contributed by atoms with van der Waals surface area (Å²) in [6.07, 6.45) is 5.71. The lowest BCUT2D eigenvalue weighted by molar-refractivity contribution is 0.227. The van der Waals surface area contributed by atoms with Gasteiger partial charge in [0.25, 0.3) is 0 Å². The molecule has 0 amide bonds. The van der Waals surface area contributed by atoms with E-state index >= 15 is 0 Å². The summed E-state index contributed by atoms with van der Waals surface area (Å²) in [5, 5.41) is 4.08. The normalized spacial score (nSPS) is 20.0. The van der Waals surface area contributed by atoms with Crippen molar-refractivity contribution < 1.29 is 4.52 Å². The van der Waals surface area contributed by atoms with Crippen molar-refractivity contribution in [3.8, 4) is 0 Å². The summed E-state index contributed by atoms with van der Waals surface area (Å²) in [4.78, 5) is 13.7. The molecular weight excluding hydrogens is 340 g/mol. The van der Waals surface area contributed by atoms with E-state index in [9.17, 15) is 0 Å². The molecule has 3 heterocycles. The van der Waals surface area contributed by atoms with Gasteiger partial charge in [0.2, 0.25) is 5.89 Å². The minimum Gasteiger partial charge on any atom is -0.354 e. The zero-order chi connectivity index (χ0) is 16.4. The Hall–Kier alpha value is -1.70. The Bertz CT molecular complexity index is 667. The third kappa shape index (κ3) is 3.94. The molecule has 1 saturated carbocycles. The van der Waals surface area contributed by atoms with Crippen molar-refractivity contribution in [3.05, 3.63) is 36.1 Å². The van der Waals surface area contributed by atoms with Crippen LogP contribution in [0.25, 0.3) is 0 Å². The van der Waals surface area contributed by atoms with E-state index in [0.717, 1.165) is 64.2 Å². The highest BCUT2D eigenvalue weighted by Gasteiger charge is 2.38. The van der Waals surface area contributed by atoms with Crippen LogP contribution in [0.1, 0.15) is 31.0 Å². The summed E-state index contributed by atoms with van der Waals surface area (Å²) in [6, 6.07) is 6.06. The molecule has 4 rings (SSSR count). The standard InChI is InChI=1S/C17H24N6O.ClH/c18-17(6-3-7-17)16-20-15(24-21-16)5-9-22-10-12-23(13-11-22)14-4-1-2-8-19-14;/h1-2,4,8H,3,5-7,9-13,18H2;1H. The van der Waals surface area contributed by atoms with Gasteiger partial charge in [0, 0.05) is 45.3 Å². The molecule has 1 saturated heterocycles. The topological polar surface area (TPSA) is 84.3 Å². The van der Waals surface area contributed by atoms with E-state index in [4.69, 9.17) is 10.3 Å². The van der Waals surface area contributed by atoms with Gasteiger partial charge >= 0.3 is 0 Å². The van der Waals surface area contributed by atoms with Crippen LogP contribution in [0.2, 0.25) is 0 Å². The van der Waals surface area contributed by atoms with Crippen molar-refractivity contribution >= 4 is 18.2 Å². The van der Waals surface area contributed by atoms with Gasteiger partial charge in [0.05, 0.1) is 5.54 Å². The number of anilines is 1. The number of hydrogen-bond donors (Lipinski definition) is 1. The fourth-order valence-electron chi connectivity index (χ4n) is 3.34. The highest BCUT2D eigenvalue weighted by Crippen LogP contribution is 2.36. The van der Waals surface area contributed by atoms with Crippen molar-refractivity contribution in [2.75, 3.05) is 37.6 Å². The Balaban J connectivity index is 0.00000182. The van der Waals surface area contributed by atoms with Crippen LogP contribution in [0, 0.1) is 0 Å². The fourth-order valence-corrected chi connectivity index (χ4v) is 3.34. The Morgan fingerprint density at radius 3 is 2.60 bits per heavy atom. The van der Waals surface area contributed by atoms with Crippen LogP contribution in [0.15, 0.2) is 28.9 Å². The van der Waals surface area contributed by atoms with Crippen LogP contribution in [-0.4, -0.2) is 52.7 Å². The van der Waals surface area contributed by atoms with E-state index in [2.05, 4.69) is 31.0 Å². The predicted octanol–water partition coefficient (Wildman–Crippen LogP) is 1.59. The van der Waals surface area contributed by atoms with Crippen molar-refractivity contribution in [3.63, 3.8) is 0 Å². The van der Waals surface area contributed by atoms with Gasteiger partial charge in [-0.15, -0.1) is 12.4 Å².